The van der Waals surface area contributed by atoms with Gasteiger partial charge in [-0.05, 0) is 37.1 Å². The van der Waals surface area contributed by atoms with E-state index in [1.54, 1.807) is 0 Å². The van der Waals surface area contributed by atoms with Crippen molar-refractivity contribution in [2.45, 2.75) is 59.8 Å². The van der Waals surface area contributed by atoms with E-state index in [0.717, 1.165) is 38.8 Å². The maximum Gasteiger partial charge on any atom is 0.220 e. The quantitative estimate of drug-likeness (QED) is 0.631. The van der Waals surface area contributed by atoms with Crippen molar-refractivity contribution in [2.75, 3.05) is 13.1 Å². The minimum absolute atomic E-state index is 0.199. The minimum atomic E-state index is 0.199. The van der Waals surface area contributed by atoms with Crippen molar-refractivity contribution in [3.63, 3.8) is 0 Å². The predicted octanol–water partition coefficient (Wildman–Crippen LogP) is 2.94. The van der Waals surface area contributed by atoms with E-state index in [-0.39, 0.29) is 5.91 Å². The van der Waals surface area contributed by atoms with E-state index in [1.807, 2.05) is 0 Å². The molecule has 0 aliphatic carbocycles. The molecule has 0 aliphatic rings. The summed E-state index contributed by atoms with van der Waals surface area (Å²) in [7, 11) is 0. The van der Waals surface area contributed by atoms with E-state index in [1.165, 1.54) is 0 Å². The molecule has 1 atom stereocenters. The summed E-state index contributed by atoms with van der Waals surface area (Å²) >= 11 is 0. The summed E-state index contributed by atoms with van der Waals surface area (Å²) in [5.74, 6) is 2.01. The van der Waals surface area contributed by atoms with Gasteiger partial charge in [-0.1, -0.05) is 40.5 Å². The Labute approximate surface area is 113 Å². The number of carbonyl (C=O) groups is 1. The lowest BCUT2D eigenvalue weighted by atomic mass is 9.88. The molecule has 0 saturated heterocycles. The van der Waals surface area contributed by atoms with Gasteiger partial charge >= 0.3 is 0 Å². The molecular formula is C15H32N2O. The largest absolute Gasteiger partial charge is 0.356 e. The van der Waals surface area contributed by atoms with E-state index < -0.39 is 0 Å². The van der Waals surface area contributed by atoms with Crippen LogP contribution in [-0.4, -0.2) is 19.0 Å². The van der Waals surface area contributed by atoms with Crippen LogP contribution in [0, 0.1) is 17.8 Å². The molecule has 0 aliphatic heterocycles. The summed E-state index contributed by atoms with van der Waals surface area (Å²) < 4.78 is 0. The molecular weight excluding hydrogens is 224 g/mol. The van der Waals surface area contributed by atoms with Gasteiger partial charge in [-0.3, -0.25) is 4.79 Å². The van der Waals surface area contributed by atoms with Crippen molar-refractivity contribution >= 4 is 5.91 Å². The minimum Gasteiger partial charge on any atom is -0.356 e. The Morgan fingerprint density at radius 2 is 1.78 bits per heavy atom. The molecule has 0 radical (unpaired) electrons. The number of nitrogens with one attached hydrogen (secondary N) is 1. The standard InChI is InChI=1S/C15H32N2O/c1-5-13(6-2)11-17-15(18)8-7-14(9-10-16)12(3)4/h12-14H,5-11,16H2,1-4H3,(H,17,18). The van der Waals surface area contributed by atoms with E-state index >= 15 is 0 Å². The first-order chi connectivity index (χ1) is 8.54. The summed E-state index contributed by atoms with van der Waals surface area (Å²) in [6, 6.07) is 0. The zero-order chi connectivity index (χ0) is 14.0. The molecule has 108 valence electrons. The summed E-state index contributed by atoms with van der Waals surface area (Å²) in [6.45, 7) is 10.3. The highest BCUT2D eigenvalue weighted by atomic mass is 16.1. The molecule has 0 aromatic carbocycles. The van der Waals surface area contributed by atoms with Gasteiger partial charge in [0.05, 0.1) is 0 Å². The molecule has 18 heavy (non-hydrogen) atoms. The predicted molar refractivity (Wildman–Crippen MR) is 78.3 cm³/mol. The lowest BCUT2D eigenvalue weighted by Gasteiger charge is -2.20. The van der Waals surface area contributed by atoms with Crippen LogP contribution in [0.3, 0.4) is 0 Å². The third-order valence-corrected chi connectivity index (χ3v) is 3.97. The zero-order valence-electron chi connectivity index (χ0n) is 12.7. The monoisotopic (exact) mass is 256 g/mol. The summed E-state index contributed by atoms with van der Waals surface area (Å²) in [6.07, 6.45) is 4.90. The molecule has 1 amide bonds. The summed E-state index contributed by atoms with van der Waals surface area (Å²) in [5, 5.41) is 3.05. The zero-order valence-corrected chi connectivity index (χ0v) is 12.7. The number of nitrogens with two attached hydrogens (primary N) is 1. The number of hydrogen-bond acceptors (Lipinski definition) is 2. The van der Waals surface area contributed by atoms with Crippen molar-refractivity contribution in [2.24, 2.45) is 23.5 Å². The van der Waals surface area contributed by atoms with Crippen molar-refractivity contribution in [3.8, 4) is 0 Å². The first-order valence-electron chi connectivity index (χ1n) is 7.51. The fourth-order valence-electron chi connectivity index (χ4n) is 2.27. The van der Waals surface area contributed by atoms with Gasteiger partial charge in [0, 0.05) is 13.0 Å². The maximum atomic E-state index is 11.8. The van der Waals surface area contributed by atoms with Crippen molar-refractivity contribution in [3.05, 3.63) is 0 Å². The van der Waals surface area contributed by atoms with Crippen LogP contribution in [0.4, 0.5) is 0 Å². The SMILES string of the molecule is CCC(CC)CNC(=O)CCC(CCN)C(C)C. The summed E-state index contributed by atoms with van der Waals surface area (Å²) in [5.41, 5.74) is 5.61. The van der Waals surface area contributed by atoms with Crippen LogP contribution >= 0.6 is 0 Å². The van der Waals surface area contributed by atoms with E-state index in [9.17, 15) is 4.79 Å². The van der Waals surface area contributed by atoms with Crippen LogP contribution in [0.15, 0.2) is 0 Å². The Morgan fingerprint density at radius 1 is 1.17 bits per heavy atom. The smallest absolute Gasteiger partial charge is 0.220 e. The molecule has 3 nitrogen and oxygen atoms in total. The van der Waals surface area contributed by atoms with E-state index in [2.05, 4.69) is 33.0 Å². The normalized spacial score (nSPS) is 13.1. The molecule has 0 aromatic heterocycles. The van der Waals surface area contributed by atoms with Gasteiger partial charge in [0.2, 0.25) is 5.91 Å². The molecule has 1 unspecified atom stereocenters. The van der Waals surface area contributed by atoms with Crippen molar-refractivity contribution in [1.82, 2.24) is 5.32 Å². The lowest BCUT2D eigenvalue weighted by molar-refractivity contribution is -0.121. The van der Waals surface area contributed by atoms with Gasteiger partial charge in [-0.2, -0.15) is 0 Å². The molecule has 3 heteroatoms. The fourth-order valence-corrected chi connectivity index (χ4v) is 2.27. The lowest BCUT2D eigenvalue weighted by Crippen LogP contribution is -2.29. The van der Waals surface area contributed by atoms with Gasteiger partial charge in [-0.15, -0.1) is 0 Å². The number of hydrogen-bond donors (Lipinski definition) is 2. The second-order valence-corrected chi connectivity index (χ2v) is 5.61. The molecule has 0 spiro atoms. The average molecular weight is 256 g/mol. The summed E-state index contributed by atoms with van der Waals surface area (Å²) in [4.78, 5) is 11.8. The first-order valence-corrected chi connectivity index (χ1v) is 7.51. The van der Waals surface area contributed by atoms with Gasteiger partial charge in [-0.25, -0.2) is 0 Å². The third kappa shape index (κ3) is 7.70. The van der Waals surface area contributed by atoms with Crippen LogP contribution in [0.1, 0.15) is 59.8 Å². The maximum absolute atomic E-state index is 11.8. The Kier molecular flexibility index (Phi) is 10.0. The topological polar surface area (TPSA) is 55.1 Å². The van der Waals surface area contributed by atoms with Crippen LogP contribution in [0.2, 0.25) is 0 Å². The van der Waals surface area contributed by atoms with Gasteiger partial charge in [0.1, 0.15) is 0 Å². The van der Waals surface area contributed by atoms with Crippen LogP contribution in [-0.2, 0) is 4.79 Å². The van der Waals surface area contributed by atoms with Crippen LogP contribution in [0.5, 0.6) is 0 Å². The second-order valence-electron chi connectivity index (χ2n) is 5.61. The molecule has 0 aromatic rings. The molecule has 0 fully saturated rings. The highest BCUT2D eigenvalue weighted by Gasteiger charge is 2.14. The van der Waals surface area contributed by atoms with Crippen LogP contribution < -0.4 is 11.1 Å². The van der Waals surface area contributed by atoms with Crippen molar-refractivity contribution in [1.29, 1.82) is 0 Å². The Bertz CT molecular complexity index is 213. The Morgan fingerprint density at radius 3 is 2.22 bits per heavy atom. The number of rotatable bonds is 10. The number of carbonyl (C=O) groups excluding carboxylic acids is 1. The van der Waals surface area contributed by atoms with Gasteiger partial charge in [0.15, 0.2) is 0 Å². The highest BCUT2D eigenvalue weighted by molar-refractivity contribution is 5.75. The second kappa shape index (κ2) is 10.4. The Balaban J connectivity index is 3.86. The molecule has 0 bridgehead atoms. The van der Waals surface area contributed by atoms with Gasteiger partial charge in [0.25, 0.3) is 0 Å². The molecule has 0 heterocycles. The third-order valence-electron chi connectivity index (χ3n) is 3.97. The van der Waals surface area contributed by atoms with Crippen LogP contribution in [0.25, 0.3) is 0 Å². The molecule has 3 N–H and O–H groups in total. The fraction of sp³-hybridized carbons (Fsp3) is 0.933. The average Bonchev–Trinajstić information content (AvgIpc) is 2.35. The van der Waals surface area contributed by atoms with E-state index in [0.29, 0.717) is 24.2 Å². The number of amides is 1. The van der Waals surface area contributed by atoms with Crippen molar-refractivity contribution < 1.29 is 4.79 Å². The highest BCUT2D eigenvalue weighted by Crippen LogP contribution is 2.20. The van der Waals surface area contributed by atoms with Gasteiger partial charge < -0.3 is 11.1 Å². The molecule has 0 saturated carbocycles. The first kappa shape index (κ1) is 17.4. The van der Waals surface area contributed by atoms with E-state index in [4.69, 9.17) is 5.73 Å². The molecule has 0 rings (SSSR count). The Hall–Kier alpha value is -0.570.